The van der Waals surface area contributed by atoms with Crippen molar-refractivity contribution >= 4 is 29.0 Å². The van der Waals surface area contributed by atoms with Crippen molar-refractivity contribution in [3.05, 3.63) is 11.1 Å². The van der Waals surface area contributed by atoms with Crippen LogP contribution in [-0.2, 0) is 11.2 Å². The Morgan fingerprint density at radius 2 is 2.40 bits per heavy atom. The lowest BCUT2D eigenvalue weighted by Gasteiger charge is -2.37. The Balaban J connectivity index is 1.95. The van der Waals surface area contributed by atoms with E-state index in [9.17, 15) is 9.90 Å². The van der Waals surface area contributed by atoms with E-state index < -0.39 is 0 Å². The van der Waals surface area contributed by atoms with Crippen molar-refractivity contribution in [3.8, 4) is 0 Å². The van der Waals surface area contributed by atoms with E-state index >= 15 is 0 Å². The van der Waals surface area contributed by atoms with E-state index in [1.54, 1.807) is 23.1 Å². The van der Waals surface area contributed by atoms with E-state index in [1.165, 1.54) is 0 Å². The molecule has 1 fully saturated rings. The summed E-state index contributed by atoms with van der Waals surface area (Å²) in [5, 5.41) is 11.7. The number of nitrogens with zero attached hydrogens (tertiary/aromatic N) is 2. The van der Waals surface area contributed by atoms with Gasteiger partial charge in [0.05, 0.1) is 18.2 Å². The van der Waals surface area contributed by atoms with Crippen molar-refractivity contribution in [2.24, 2.45) is 0 Å². The van der Waals surface area contributed by atoms with Gasteiger partial charge in [-0.2, -0.15) is 0 Å². The van der Waals surface area contributed by atoms with E-state index in [-0.39, 0.29) is 18.1 Å². The van der Waals surface area contributed by atoms with Crippen LogP contribution in [0, 0.1) is 0 Å². The summed E-state index contributed by atoms with van der Waals surface area (Å²) in [4.78, 5) is 18.8. The first-order valence-corrected chi connectivity index (χ1v) is 9.05. The highest BCUT2D eigenvalue weighted by Gasteiger charge is 2.29. The Bertz CT molecular complexity index is 450. The maximum absolute atomic E-state index is 12.4. The zero-order valence-electron chi connectivity index (χ0n) is 12.0. The molecule has 1 saturated heterocycles. The van der Waals surface area contributed by atoms with Gasteiger partial charge in [0, 0.05) is 18.0 Å². The van der Waals surface area contributed by atoms with Gasteiger partial charge in [0.2, 0.25) is 5.91 Å². The Morgan fingerprint density at radius 3 is 3.10 bits per heavy atom. The van der Waals surface area contributed by atoms with Crippen LogP contribution in [0.1, 0.15) is 38.8 Å². The highest BCUT2D eigenvalue weighted by Crippen LogP contribution is 2.24. The average molecular weight is 314 g/mol. The van der Waals surface area contributed by atoms with Crippen molar-refractivity contribution < 1.29 is 9.90 Å². The molecule has 0 unspecified atom stereocenters. The average Bonchev–Trinajstić information content (AvgIpc) is 2.86. The van der Waals surface area contributed by atoms with Gasteiger partial charge in [-0.05, 0) is 25.0 Å². The van der Waals surface area contributed by atoms with Gasteiger partial charge in [0.15, 0.2) is 0 Å². The molecule has 0 bridgehead atoms. The molecule has 0 aromatic carbocycles. The highest BCUT2D eigenvalue weighted by molar-refractivity contribution is 8.00. The molecule has 6 heteroatoms. The second-order valence-electron chi connectivity index (χ2n) is 5.04. The Hall–Kier alpha value is -0.590. The molecule has 112 valence electrons. The number of rotatable bonds is 5. The number of aliphatic hydroxyl groups excluding tert-OH is 1. The van der Waals surface area contributed by atoms with Crippen LogP contribution in [0.3, 0.4) is 0 Å². The number of thioether (sulfide) groups is 1. The van der Waals surface area contributed by atoms with Crippen LogP contribution in [0.25, 0.3) is 0 Å². The first-order valence-electron chi connectivity index (χ1n) is 7.18. The van der Waals surface area contributed by atoms with Gasteiger partial charge < -0.3 is 10.0 Å². The second kappa shape index (κ2) is 7.43. The number of carbonyl (C=O) groups excluding carboxylic acids is 1. The first kappa shape index (κ1) is 15.8. The fourth-order valence-corrected chi connectivity index (χ4v) is 4.30. The van der Waals surface area contributed by atoms with Gasteiger partial charge in [0.1, 0.15) is 4.34 Å². The summed E-state index contributed by atoms with van der Waals surface area (Å²) in [6, 6.07) is 0.175. The molecule has 1 N–H and O–H groups in total. The van der Waals surface area contributed by atoms with Crippen LogP contribution in [0.2, 0.25) is 0 Å². The number of amides is 1. The van der Waals surface area contributed by atoms with Crippen LogP contribution in [0.15, 0.2) is 9.72 Å². The number of thiazole rings is 1. The number of hydrogen-bond donors (Lipinski definition) is 1. The van der Waals surface area contributed by atoms with E-state index in [1.807, 2.05) is 10.3 Å². The molecule has 1 aliphatic rings. The Kier molecular flexibility index (Phi) is 5.86. The van der Waals surface area contributed by atoms with Gasteiger partial charge in [-0.25, -0.2) is 4.98 Å². The summed E-state index contributed by atoms with van der Waals surface area (Å²) in [7, 11) is 0. The van der Waals surface area contributed by atoms with Crippen molar-refractivity contribution in [1.82, 2.24) is 9.88 Å². The lowest BCUT2D eigenvalue weighted by atomic mass is 9.97. The molecule has 20 heavy (non-hydrogen) atoms. The molecule has 2 atom stereocenters. The quantitative estimate of drug-likeness (QED) is 0.849. The Morgan fingerprint density at radius 1 is 1.60 bits per heavy atom. The second-order valence-corrected chi connectivity index (χ2v) is 7.41. The van der Waals surface area contributed by atoms with Gasteiger partial charge >= 0.3 is 0 Å². The summed E-state index contributed by atoms with van der Waals surface area (Å²) >= 11 is 3.32. The molecule has 0 saturated carbocycles. The number of aromatic nitrogens is 1. The lowest BCUT2D eigenvalue weighted by molar-refractivity contribution is -0.136. The minimum atomic E-state index is -0.254. The molecule has 1 amide bonds. The molecular formula is C14H22N2O2S2. The minimum Gasteiger partial charge on any atom is -0.393 e. The number of piperidine rings is 1. The molecule has 1 aromatic rings. The molecule has 0 spiro atoms. The molecule has 2 heterocycles. The van der Waals surface area contributed by atoms with E-state index in [0.717, 1.165) is 22.2 Å². The van der Waals surface area contributed by atoms with Crippen LogP contribution in [-0.4, -0.2) is 45.3 Å². The monoisotopic (exact) mass is 314 g/mol. The van der Waals surface area contributed by atoms with Crippen molar-refractivity contribution in [2.75, 3.05) is 12.3 Å². The largest absolute Gasteiger partial charge is 0.393 e. The summed E-state index contributed by atoms with van der Waals surface area (Å²) in [5.74, 6) is 1.14. The third-order valence-electron chi connectivity index (χ3n) is 3.61. The predicted octanol–water partition coefficient (Wildman–Crippen LogP) is 2.56. The summed E-state index contributed by atoms with van der Waals surface area (Å²) in [5.41, 5.74) is 0.872. The van der Waals surface area contributed by atoms with Crippen LogP contribution < -0.4 is 0 Å². The molecule has 4 nitrogen and oxygen atoms in total. The zero-order chi connectivity index (χ0) is 14.5. The standard InChI is InChI=1S/C14H22N2O2S2/c1-3-11-8-12(17)5-6-16(11)13(18)7-10-9-20-14(15-10)19-4-2/h9,11-12,17H,3-8H2,1-2H3/t11-,12-/m0/s1. The van der Waals surface area contributed by atoms with Gasteiger partial charge in [-0.3, -0.25) is 4.79 Å². The Labute approximate surface area is 128 Å². The first-order chi connectivity index (χ1) is 9.63. The smallest absolute Gasteiger partial charge is 0.228 e. The number of hydrogen-bond acceptors (Lipinski definition) is 5. The summed E-state index contributed by atoms with van der Waals surface area (Å²) < 4.78 is 1.04. The van der Waals surface area contributed by atoms with Gasteiger partial charge in [-0.1, -0.05) is 25.6 Å². The fourth-order valence-electron chi connectivity index (χ4n) is 2.56. The fraction of sp³-hybridized carbons (Fsp3) is 0.714. The van der Waals surface area contributed by atoms with Crippen molar-refractivity contribution in [1.29, 1.82) is 0 Å². The van der Waals surface area contributed by atoms with E-state index in [4.69, 9.17) is 0 Å². The third kappa shape index (κ3) is 3.96. The molecule has 1 aromatic heterocycles. The third-order valence-corrected chi connectivity index (χ3v) is 5.56. The number of likely N-dealkylation sites (tertiary alicyclic amines) is 1. The highest BCUT2D eigenvalue weighted by atomic mass is 32.2. The van der Waals surface area contributed by atoms with Gasteiger partial charge in [0.25, 0.3) is 0 Å². The van der Waals surface area contributed by atoms with Crippen molar-refractivity contribution in [2.45, 2.75) is 56.0 Å². The minimum absolute atomic E-state index is 0.141. The van der Waals surface area contributed by atoms with Crippen LogP contribution in [0.4, 0.5) is 0 Å². The maximum Gasteiger partial charge on any atom is 0.228 e. The topological polar surface area (TPSA) is 53.4 Å². The molecule has 0 radical (unpaired) electrons. The van der Waals surface area contributed by atoms with Crippen LogP contribution >= 0.6 is 23.1 Å². The summed E-state index contributed by atoms with van der Waals surface area (Å²) in [6.07, 6.45) is 2.42. The van der Waals surface area contributed by atoms with Gasteiger partial charge in [-0.15, -0.1) is 11.3 Å². The number of carbonyl (C=O) groups is 1. The lowest BCUT2D eigenvalue weighted by Crippen LogP contribution is -2.47. The normalized spacial score (nSPS) is 23.1. The molecular weight excluding hydrogens is 292 g/mol. The van der Waals surface area contributed by atoms with Crippen LogP contribution in [0.5, 0.6) is 0 Å². The van der Waals surface area contributed by atoms with Crippen molar-refractivity contribution in [3.63, 3.8) is 0 Å². The predicted molar refractivity (Wildman–Crippen MR) is 83.2 cm³/mol. The molecule has 0 aliphatic carbocycles. The zero-order valence-corrected chi connectivity index (χ0v) is 13.7. The number of aliphatic hydroxyl groups is 1. The van der Waals surface area contributed by atoms with E-state index in [0.29, 0.717) is 25.8 Å². The molecule has 2 rings (SSSR count). The summed E-state index contributed by atoms with van der Waals surface area (Å²) in [6.45, 7) is 4.84. The maximum atomic E-state index is 12.4. The van der Waals surface area contributed by atoms with E-state index in [2.05, 4.69) is 18.8 Å². The molecule has 1 aliphatic heterocycles. The SMILES string of the molecule is CCSc1nc(CC(=O)N2CC[C@H](O)C[C@@H]2CC)cs1.